The van der Waals surface area contributed by atoms with E-state index in [0.29, 0.717) is 16.9 Å². The number of carbonyl (C=O) groups excluding carboxylic acids is 2. The summed E-state index contributed by atoms with van der Waals surface area (Å²) in [6.45, 7) is 1.67. The molecule has 3 aromatic heterocycles. The highest BCUT2D eigenvalue weighted by molar-refractivity contribution is 7.92. The Morgan fingerprint density at radius 1 is 1.21 bits per heavy atom. The molecule has 1 aliphatic heterocycles. The van der Waals surface area contributed by atoms with Gasteiger partial charge < -0.3 is 10.1 Å². The highest BCUT2D eigenvalue weighted by Crippen LogP contribution is 2.27. The van der Waals surface area contributed by atoms with Gasteiger partial charge in [-0.05, 0) is 25.1 Å². The van der Waals surface area contributed by atoms with Gasteiger partial charge in [-0.2, -0.15) is 0 Å². The van der Waals surface area contributed by atoms with Crippen molar-refractivity contribution in [1.29, 1.82) is 0 Å². The third-order valence-electron chi connectivity index (χ3n) is 5.11. The van der Waals surface area contributed by atoms with Gasteiger partial charge in [-0.15, -0.1) is 5.10 Å². The van der Waals surface area contributed by atoms with E-state index in [-0.39, 0.29) is 34.1 Å². The van der Waals surface area contributed by atoms with Crippen LogP contribution in [0.5, 0.6) is 0 Å². The highest BCUT2D eigenvalue weighted by Gasteiger charge is 2.38. The lowest BCUT2D eigenvalue weighted by Gasteiger charge is -2.24. The summed E-state index contributed by atoms with van der Waals surface area (Å²) in [6.07, 6.45) is 1.54. The standard InChI is InChI=1S/C20H20ClN7O5S/c1-11(14-4-3-7-22-17(14)21)33-20(30)25-18-16(26-27-28(18)2)15-6-5-13(8-23-15)24-19(29)12-9-34(31,32)10-12/h3-8,11-12H,9-10H2,1-2H3,(H,24,29)(H,25,30)/t11-/m1/s1. The molecule has 1 atom stereocenters. The second kappa shape index (κ2) is 9.35. The molecule has 1 aliphatic rings. The fraction of sp³-hybridized carbons (Fsp3) is 0.300. The second-order valence-corrected chi connectivity index (χ2v) is 10.2. The van der Waals surface area contributed by atoms with Gasteiger partial charge in [-0.25, -0.2) is 22.9 Å². The number of aryl methyl sites for hydroxylation is 1. The number of pyridine rings is 2. The Bertz CT molecular complexity index is 1330. The van der Waals surface area contributed by atoms with Crippen LogP contribution in [0.15, 0.2) is 36.7 Å². The van der Waals surface area contributed by atoms with E-state index in [1.54, 1.807) is 38.2 Å². The Morgan fingerprint density at radius 2 is 1.97 bits per heavy atom. The van der Waals surface area contributed by atoms with Gasteiger partial charge >= 0.3 is 6.09 Å². The molecule has 0 bridgehead atoms. The van der Waals surface area contributed by atoms with Crippen molar-refractivity contribution in [2.24, 2.45) is 13.0 Å². The SMILES string of the molecule is C[C@@H](OC(=O)Nc1c(-c2ccc(NC(=O)C3CS(=O)(=O)C3)cn2)nnn1C)c1cccnc1Cl. The molecule has 1 fully saturated rings. The smallest absolute Gasteiger partial charge is 0.413 e. The fourth-order valence-electron chi connectivity index (χ4n) is 3.29. The molecule has 14 heteroatoms. The van der Waals surface area contributed by atoms with Crippen molar-refractivity contribution < 1.29 is 22.7 Å². The van der Waals surface area contributed by atoms with Crippen LogP contribution in [0.4, 0.5) is 16.3 Å². The molecule has 0 aromatic carbocycles. The molecule has 2 amide bonds. The van der Waals surface area contributed by atoms with Gasteiger partial charge in [0.1, 0.15) is 11.3 Å². The minimum atomic E-state index is -3.10. The van der Waals surface area contributed by atoms with Crippen LogP contribution in [-0.4, -0.2) is 56.9 Å². The summed E-state index contributed by atoms with van der Waals surface area (Å²) in [4.78, 5) is 32.8. The predicted octanol–water partition coefficient (Wildman–Crippen LogP) is 2.22. The lowest BCUT2D eigenvalue weighted by atomic mass is 10.2. The van der Waals surface area contributed by atoms with Crippen molar-refractivity contribution in [3.05, 3.63) is 47.4 Å². The van der Waals surface area contributed by atoms with E-state index in [0.717, 1.165) is 0 Å². The number of hydrogen-bond donors (Lipinski definition) is 2. The van der Waals surface area contributed by atoms with Crippen LogP contribution in [-0.2, 0) is 26.4 Å². The summed E-state index contributed by atoms with van der Waals surface area (Å²) >= 11 is 6.05. The molecule has 12 nitrogen and oxygen atoms in total. The summed E-state index contributed by atoms with van der Waals surface area (Å²) in [5.74, 6) is -0.993. The number of halogens is 1. The monoisotopic (exact) mass is 505 g/mol. The van der Waals surface area contributed by atoms with Crippen molar-refractivity contribution in [2.45, 2.75) is 13.0 Å². The average Bonchev–Trinajstić information content (AvgIpc) is 3.12. The summed E-state index contributed by atoms with van der Waals surface area (Å²) in [5, 5.41) is 13.5. The van der Waals surface area contributed by atoms with E-state index in [1.165, 1.54) is 17.1 Å². The van der Waals surface area contributed by atoms with Gasteiger partial charge in [0, 0.05) is 18.8 Å². The van der Waals surface area contributed by atoms with Crippen LogP contribution in [0.3, 0.4) is 0 Å². The third kappa shape index (κ3) is 5.15. The number of amides is 2. The minimum Gasteiger partial charge on any atom is -0.441 e. The molecule has 4 rings (SSSR count). The molecule has 0 unspecified atom stereocenters. The van der Waals surface area contributed by atoms with Crippen molar-refractivity contribution in [3.8, 4) is 11.4 Å². The zero-order valence-corrected chi connectivity index (χ0v) is 19.7. The summed E-state index contributed by atoms with van der Waals surface area (Å²) in [5.41, 5.74) is 1.63. The Morgan fingerprint density at radius 3 is 2.62 bits per heavy atom. The first-order valence-electron chi connectivity index (χ1n) is 10.1. The van der Waals surface area contributed by atoms with Gasteiger partial charge in [-0.3, -0.25) is 15.1 Å². The molecule has 34 heavy (non-hydrogen) atoms. The number of carbonyl (C=O) groups is 2. The molecular weight excluding hydrogens is 486 g/mol. The highest BCUT2D eigenvalue weighted by atomic mass is 35.5. The first-order chi connectivity index (χ1) is 16.1. The summed E-state index contributed by atoms with van der Waals surface area (Å²) < 4.78 is 29.3. The lowest BCUT2D eigenvalue weighted by molar-refractivity contribution is -0.119. The molecule has 0 aliphatic carbocycles. The van der Waals surface area contributed by atoms with E-state index in [9.17, 15) is 18.0 Å². The first-order valence-corrected chi connectivity index (χ1v) is 12.3. The predicted molar refractivity (Wildman–Crippen MR) is 123 cm³/mol. The normalized spacial score (nSPS) is 15.7. The fourth-order valence-corrected chi connectivity index (χ4v) is 4.99. The van der Waals surface area contributed by atoms with Gasteiger partial charge in [0.25, 0.3) is 0 Å². The lowest BCUT2D eigenvalue weighted by Crippen LogP contribution is -2.44. The Hall–Kier alpha value is -3.58. The number of rotatable bonds is 6. The molecule has 4 heterocycles. The topological polar surface area (TPSA) is 158 Å². The Labute approximate surface area is 199 Å². The minimum absolute atomic E-state index is 0.152. The van der Waals surface area contributed by atoms with E-state index >= 15 is 0 Å². The largest absolute Gasteiger partial charge is 0.441 e. The van der Waals surface area contributed by atoms with E-state index < -0.39 is 28.0 Å². The molecule has 1 saturated heterocycles. The second-order valence-electron chi connectivity index (χ2n) is 7.66. The average molecular weight is 506 g/mol. The van der Waals surface area contributed by atoms with Crippen molar-refractivity contribution in [1.82, 2.24) is 25.0 Å². The summed E-state index contributed by atoms with van der Waals surface area (Å²) in [7, 11) is -1.51. The van der Waals surface area contributed by atoms with E-state index in [4.69, 9.17) is 16.3 Å². The number of anilines is 2. The molecule has 3 aromatic rings. The summed E-state index contributed by atoms with van der Waals surface area (Å²) in [6, 6.07) is 6.58. The molecule has 0 saturated carbocycles. The van der Waals surface area contributed by atoms with Crippen LogP contribution in [0.1, 0.15) is 18.6 Å². The van der Waals surface area contributed by atoms with Crippen LogP contribution < -0.4 is 10.6 Å². The van der Waals surface area contributed by atoms with Gasteiger partial charge in [-0.1, -0.05) is 22.9 Å². The maximum absolute atomic E-state index is 12.5. The Balaban J connectivity index is 1.42. The van der Waals surface area contributed by atoms with Gasteiger partial charge in [0.05, 0.1) is 35.0 Å². The zero-order chi connectivity index (χ0) is 24.5. The number of ether oxygens (including phenoxy) is 1. The van der Waals surface area contributed by atoms with Gasteiger partial charge in [0.15, 0.2) is 21.3 Å². The first kappa shape index (κ1) is 23.6. The maximum Gasteiger partial charge on any atom is 0.413 e. The molecule has 0 radical (unpaired) electrons. The number of nitrogens with zero attached hydrogens (tertiary/aromatic N) is 5. The van der Waals surface area contributed by atoms with Crippen LogP contribution in [0, 0.1) is 5.92 Å². The van der Waals surface area contributed by atoms with Crippen molar-refractivity contribution in [3.63, 3.8) is 0 Å². The van der Waals surface area contributed by atoms with E-state index in [1.807, 2.05) is 0 Å². The van der Waals surface area contributed by atoms with Crippen molar-refractivity contribution >= 4 is 44.9 Å². The molecule has 0 spiro atoms. The number of aromatic nitrogens is 5. The molecule has 178 valence electrons. The van der Waals surface area contributed by atoms with Crippen molar-refractivity contribution in [2.75, 3.05) is 22.1 Å². The number of nitrogens with one attached hydrogen (secondary N) is 2. The van der Waals surface area contributed by atoms with Crippen LogP contribution >= 0.6 is 11.6 Å². The molecule has 2 N–H and O–H groups in total. The third-order valence-corrected chi connectivity index (χ3v) is 7.25. The van der Waals surface area contributed by atoms with Crippen LogP contribution in [0.2, 0.25) is 5.15 Å². The maximum atomic E-state index is 12.5. The van der Waals surface area contributed by atoms with E-state index in [2.05, 4.69) is 30.9 Å². The van der Waals surface area contributed by atoms with Crippen LogP contribution in [0.25, 0.3) is 11.4 Å². The zero-order valence-electron chi connectivity index (χ0n) is 18.1. The Kier molecular flexibility index (Phi) is 6.48. The quantitative estimate of drug-likeness (QED) is 0.479. The number of hydrogen-bond acceptors (Lipinski definition) is 9. The number of sulfone groups is 1. The van der Waals surface area contributed by atoms with Gasteiger partial charge in [0.2, 0.25) is 5.91 Å². The molecular formula is C20H20ClN7O5S.